The fraction of sp³-hybridized carbons (Fsp3) is 0.625. The number of benzene rings is 1. The van der Waals surface area contributed by atoms with Gasteiger partial charge in [-0.3, -0.25) is 19.1 Å². The number of rotatable bonds is 9. The van der Waals surface area contributed by atoms with Crippen LogP contribution in [0.4, 0.5) is 18.0 Å². The highest BCUT2D eigenvalue weighted by Gasteiger charge is 2.62. The predicted molar refractivity (Wildman–Crippen MR) is 211 cm³/mol. The number of amides is 4. The van der Waals surface area contributed by atoms with Gasteiger partial charge in [-0.15, -0.1) is 0 Å². The molecule has 6 rings (SSSR count). The van der Waals surface area contributed by atoms with Crippen molar-refractivity contribution in [1.82, 2.24) is 25.2 Å². The minimum atomic E-state index is -4.92. The van der Waals surface area contributed by atoms with Crippen LogP contribution in [0.5, 0.6) is 11.8 Å². The molecular formula is C40H51ClF3N5O9S. The molecule has 1 aromatic carbocycles. The van der Waals surface area contributed by atoms with Crippen LogP contribution in [0.1, 0.15) is 86.5 Å². The molecule has 7 atom stereocenters. The molecule has 3 fully saturated rings. The van der Waals surface area contributed by atoms with Crippen molar-refractivity contribution >= 4 is 56.2 Å². The van der Waals surface area contributed by atoms with Crippen molar-refractivity contribution in [2.75, 3.05) is 6.54 Å². The Bertz CT molecular complexity index is 2120. The fourth-order valence-corrected chi connectivity index (χ4v) is 9.27. The number of halogens is 4. The van der Waals surface area contributed by atoms with E-state index in [1.54, 1.807) is 37.3 Å². The summed E-state index contributed by atoms with van der Waals surface area (Å²) in [5.41, 5.74) is -4.54. The molecular weight excluding hydrogens is 819 g/mol. The molecule has 0 bridgehead atoms. The van der Waals surface area contributed by atoms with Gasteiger partial charge in [0.05, 0.1) is 17.9 Å². The zero-order valence-electron chi connectivity index (χ0n) is 33.7. The topological polar surface area (TPSA) is 182 Å². The van der Waals surface area contributed by atoms with Crippen molar-refractivity contribution < 1.29 is 55.0 Å². The summed E-state index contributed by atoms with van der Waals surface area (Å²) in [6.07, 6.45) is -1.73. The molecule has 2 aliphatic heterocycles. The van der Waals surface area contributed by atoms with Crippen molar-refractivity contribution in [3.63, 3.8) is 0 Å². The zero-order chi connectivity index (χ0) is 43.2. The van der Waals surface area contributed by atoms with Gasteiger partial charge >= 0.3 is 12.3 Å². The van der Waals surface area contributed by atoms with Crippen LogP contribution in [0.25, 0.3) is 10.8 Å². The Morgan fingerprint density at radius 1 is 1.08 bits per heavy atom. The van der Waals surface area contributed by atoms with Gasteiger partial charge in [-0.05, 0) is 90.2 Å². The number of allylic oxidation sites excluding steroid dienone is 1. The largest absolute Gasteiger partial charge is 0.475 e. The van der Waals surface area contributed by atoms with E-state index in [0.717, 1.165) is 0 Å². The molecule has 4 aliphatic rings. The number of nitrogens with one attached hydrogen (secondary N) is 3. The maximum Gasteiger partial charge on any atom is 0.427 e. The highest BCUT2D eigenvalue weighted by Crippen LogP contribution is 2.46. The number of carbonyl (C=O) groups excluding carboxylic acids is 4. The molecule has 2 aliphatic carbocycles. The lowest BCUT2D eigenvalue weighted by atomic mass is 9.88. The van der Waals surface area contributed by atoms with Crippen molar-refractivity contribution in [2.24, 2.45) is 17.8 Å². The van der Waals surface area contributed by atoms with Crippen LogP contribution in [0.2, 0.25) is 5.02 Å². The number of alkyl carbamates (subject to hydrolysis) is 1. The molecule has 3 heterocycles. The number of nitrogens with zero attached hydrogens (tertiary/aromatic N) is 2. The number of aromatic nitrogens is 1. The lowest BCUT2D eigenvalue weighted by molar-refractivity contribution is -0.244. The van der Waals surface area contributed by atoms with Crippen LogP contribution < -0.4 is 24.8 Å². The van der Waals surface area contributed by atoms with E-state index in [4.69, 9.17) is 25.8 Å². The van der Waals surface area contributed by atoms with Crippen molar-refractivity contribution in [1.29, 1.82) is 0 Å². The number of fused-ring (bicyclic) bond motifs is 3. The van der Waals surface area contributed by atoms with E-state index in [1.807, 2.05) is 26.8 Å². The fourth-order valence-electron chi connectivity index (χ4n) is 7.68. The number of sulfonamides is 1. The number of hydrogen-bond acceptors (Lipinski definition) is 10. The monoisotopic (exact) mass is 869 g/mol. The molecule has 0 radical (unpaired) electrons. The standard InChI is InChI=1S/C40H51ClF3N5O9S/c1-21(2)56-31-18-28-27(12-9-13-29(28)41)34(45-31)57-25-17-30-33(50)47-39(36(52)48-59(54,55)26-14-15-26)19-24(39)11-8-7-10-22(3)16-23(4)32(35(51)49(30)20-25)46-37(53)58-38(5,6)40(42,43)44/h8-9,11-13,18,21-26,30,32H,7,10,14-17,19-20H2,1-6H3,(H,46,53)(H,47,50)(H,48,52)/b11-8-/t22-,23+,24?,25+,30-,32-,39+/m0/s1. The van der Waals surface area contributed by atoms with Gasteiger partial charge in [-0.2, -0.15) is 18.2 Å². The summed E-state index contributed by atoms with van der Waals surface area (Å²) in [5.74, 6) is -3.47. The van der Waals surface area contributed by atoms with Gasteiger partial charge in [-0.25, -0.2) is 13.2 Å². The highest BCUT2D eigenvalue weighted by atomic mass is 35.5. The van der Waals surface area contributed by atoms with Crippen LogP contribution in [-0.4, -0.2) is 95.5 Å². The van der Waals surface area contributed by atoms with Crippen molar-refractivity contribution in [2.45, 2.75) is 133 Å². The lowest BCUT2D eigenvalue weighted by Crippen LogP contribution is -2.59. The van der Waals surface area contributed by atoms with Crippen LogP contribution in [0, 0.1) is 17.8 Å². The van der Waals surface area contributed by atoms with Gasteiger partial charge in [0.15, 0.2) is 0 Å². The Balaban J connectivity index is 1.37. The molecule has 2 aromatic rings. The molecule has 1 aromatic heterocycles. The first-order chi connectivity index (χ1) is 27.5. The maximum atomic E-state index is 14.8. The van der Waals surface area contributed by atoms with E-state index in [0.29, 0.717) is 61.7 Å². The number of pyridine rings is 1. The van der Waals surface area contributed by atoms with E-state index in [2.05, 4.69) is 20.3 Å². The van der Waals surface area contributed by atoms with Crippen LogP contribution in [0.3, 0.4) is 0 Å². The number of hydrogen-bond donors (Lipinski definition) is 3. The quantitative estimate of drug-likeness (QED) is 0.255. The first-order valence-electron chi connectivity index (χ1n) is 19.9. The third kappa shape index (κ3) is 9.84. The predicted octanol–water partition coefficient (Wildman–Crippen LogP) is 5.96. The van der Waals surface area contributed by atoms with Crippen molar-refractivity contribution in [3.05, 3.63) is 41.4 Å². The van der Waals surface area contributed by atoms with Gasteiger partial charge < -0.3 is 29.7 Å². The number of ether oxygens (including phenoxy) is 3. The summed E-state index contributed by atoms with van der Waals surface area (Å²) < 4.78 is 86.4. The number of carbonyl (C=O) groups is 4. The van der Waals surface area contributed by atoms with E-state index in [9.17, 15) is 40.8 Å². The second-order valence-corrected chi connectivity index (χ2v) is 19.4. The van der Waals surface area contributed by atoms with Gasteiger partial charge in [0, 0.05) is 34.2 Å². The zero-order valence-corrected chi connectivity index (χ0v) is 35.3. The maximum absolute atomic E-state index is 14.8. The summed E-state index contributed by atoms with van der Waals surface area (Å²) in [5, 5.41) is 5.90. The molecule has 14 nitrogen and oxygen atoms in total. The molecule has 324 valence electrons. The van der Waals surface area contributed by atoms with Gasteiger partial charge in [0.2, 0.25) is 39.2 Å². The Morgan fingerprint density at radius 2 is 1.80 bits per heavy atom. The van der Waals surface area contributed by atoms with E-state index in [-0.39, 0.29) is 43.2 Å². The van der Waals surface area contributed by atoms with Gasteiger partial charge in [-0.1, -0.05) is 43.7 Å². The summed E-state index contributed by atoms with van der Waals surface area (Å²) in [4.78, 5) is 62.1. The second-order valence-electron chi connectivity index (χ2n) is 17.0. The average molecular weight is 870 g/mol. The SMILES string of the molecule is CC(C)Oc1cc2c(Cl)cccc2c(O[C@@H]2C[C@H]3C(=O)N[C@]4(C(=O)NS(=O)(=O)C5CC5)CC4/C=C\CC[C@H](C)C[C@@H](C)[C@H](NC(=O)OC(C)(C)C(F)(F)F)C(=O)N3C2)n1. The van der Waals surface area contributed by atoms with Gasteiger partial charge in [0.25, 0.3) is 5.91 Å². The summed E-state index contributed by atoms with van der Waals surface area (Å²) in [6.45, 7) is 8.35. The molecule has 2 saturated carbocycles. The molecule has 59 heavy (non-hydrogen) atoms. The molecule has 4 amide bonds. The van der Waals surface area contributed by atoms with Crippen LogP contribution in [0.15, 0.2) is 36.4 Å². The average Bonchev–Trinajstić information content (AvgIpc) is 4.05. The molecule has 1 unspecified atom stereocenters. The van der Waals surface area contributed by atoms with Gasteiger partial charge in [0.1, 0.15) is 23.7 Å². The molecule has 1 saturated heterocycles. The normalized spacial score (nSPS) is 28.7. The molecule has 19 heteroatoms. The Kier molecular flexibility index (Phi) is 12.5. The minimum Gasteiger partial charge on any atom is -0.475 e. The summed E-state index contributed by atoms with van der Waals surface area (Å²) in [6, 6.07) is 3.95. The molecule has 3 N–H and O–H groups in total. The van der Waals surface area contributed by atoms with E-state index < -0.39 is 86.4 Å². The third-order valence-corrected chi connectivity index (χ3v) is 13.5. The first-order valence-corrected chi connectivity index (χ1v) is 21.8. The first kappa shape index (κ1) is 44.2. The number of alkyl halides is 3. The third-order valence-electron chi connectivity index (χ3n) is 11.3. The van der Waals surface area contributed by atoms with Crippen molar-refractivity contribution in [3.8, 4) is 11.8 Å². The Morgan fingerprint density at radius 3 is 2.46 bits per heavy atom. The summed E-state index contributed by atoms with van der Waals surface area (Å²) >= 11 is 6.56. The van der Waals surface area contributed by atoms with Crippen LogP contribution >= 0.6 is 11.6 Å². The Hall–Kier alpha value is -4.32. The highest BCUT2D eigenvalue weighted by molar-refractivity contribution is 7.91. The van der Waals surface area contributed by atoms with E-state index in [1.165, 1.54) is 4.90 Å². The smallest absolute Gasteiger partial charge is 0.427 e. The minimum absolute atomic E-state index is 0.0489. The summed E-state index contributed by atoms with van der Waals surface area (Å²) in [7, 11) is -4.00. The Labute approximate surface area is 346 Å². The lowest BCUT2D eigenvalue weighted by Gasteiger charge is -2.34. The second kappa shape index (κ2) is 16.6. The van der Waals surface area contributed by atoms with Crippen LogP contribution in [-0.2, 0) is 29.1 Å². The van der Waals surface area contributed by atoms with E-state index >= 15 is 0 Å². The molecule has 0 spiro atoms.